The fourth-order valence-electron chi connectivity index (χ4n) is 4.55. The van der Waals surface area contributed by atoms with Crippen molar-refractivity contribution < 1.29 is 9.13 Å². The fraction of sp³-hybridized carbons (Fsp3) is 0.391. The predicted octanol–water partition coefficient (Wildman–Crippen LogP) is 5.75. The van der Waals surface area contributed by atoms with Crippen LogP contribution in [0.5, 0.6) is 5.75 Å². The van der Waals surface area contributed by atoms with E-state index in [4.69, 9.17) is 4.74 Å². The number of para-hydroxylation sites is 2. The van der Waals surface area contributed by atoms with Crippen LogP contribution in [0.1, 0.15) is 37.2 Å². The van der Waals surface area contributed by atoms with Crippen molar-refractivity contribution in [2.24, 2.45) is 0 Å². The molecular formula is C23H25AsFN2O. The van der Waals surface area contributed by atoms with Crippen LogP contribution in [0.15, 0.2) is 48.7 Å². The first kappa shape index (κ1) is 18.1. The summed E-state index contributed by atoms with van der Waals surface area (Å²) in [6.07, 6.45) is 7.44. The van der Waals surface area contributed by atoms with E-state index >= 15 is 0 Å². The molecule has 1 fully saturated rings. The normalized spacial score (nSPS) is 24.8. The maximum atomic E-state index is 13.7. The van der Waals surface area contributed by atoms with Gasteiger partial charge in [0.25, 0.3) is 0 Å². The molecule has 1 aliphatic carbocycles. The zero-order chi connectivity index (χ0) is 18.9. The van der Waals surface area contributed by atoms with Gasteiger partial charge in [0.2, 0.25) is 0 Å². The Hall–Kier alpha value is -1.93. The molecule has 1 unspecified atom stereocenters. The van der Waals surface area contributed by atoms with Gasteiger partial charge in [-0.2, -0.15) is 0 Å². The van der Waals surface area contributed by atoms with E-state index in [1.165, 1.54) is 42.5 Å². The summed E-state index contributed by atoms with van der Waals surface area (Å²) in [6, 6.07) is 13.3. The summed E-state index contributed by atoms with van der Waals surface area (Å²) in [6.45, 7) is 0.920. The van der Waals surface area contributed by atoms with Crippen molar-refractivity contribution in [3.63, 3.8) is 0 Å². The van der Waals surface area contributed by atoms with Crippen molar-refractivity contribution in [3.05, 3.63) is 60.0 Å². The average Bonchev–Trinajstić information content (AvgIpc) is 3.15. The summed E-state index contributed by atoms with van der Waals surface area (Å²) in [7, 11) is 0. The van der Waals surface area contributed by atoms with Crippen LogP contribution in [0.3, 0.4) is 0 Å². The molecule has 2 heterocycles. The van der Waals surface area contributed by atoms with Crippen molar-refractivity contribution in [1.29, 1.82) is 0 Å². The Bertz CT molecular complexity index is 964. The van der Waals surface area contributed by atoms with Gasteiger partial charge in [-0.15, -0.1) is 0 Å². The number of nitrogens with one attached hydrogen (secondary N) is 2. The third-order valence-electron chi connectivity index (χ3n) is 6.08. The van der Waals surface area contributed by atoms with Gasteiger partial charge in [0, 0.05) is 0 Å². The van der Waals surface area contributed by atoms with Gasteiger partial charge in [0.05, 0.1) is 0 Å². The maximum absolute atomic E-state index is 13.7. The van der Waals surface area contributed by atoms with E-state index in [2.05, 4.69) is 28.6 Å². The van der Waals surface area contributed by atoms with Crippen molar-refractivity contribution in [1.82, 2.24) is 4.98 Å². The number of rotatable bonds is 4. The second-order valence-electron chi connectivity index (χ2n) is 7.92. The Balaban J connectivity index is 1.15. The van der Waals surface area contributed by atoms with Crippen molar-refractivity contribution in [3.8, 4) is 5.75 Å². The molecule has 2 aromatic carbocycles. The summed E-state index contributed by atoms with van der Waals surface area (Å²) in [5, 5.41) is 5.77. The molecule has 5 rings (SSSR count). The monoisotopic (exact) mass is 439 g/mol. The Kier molecular flexibility index (Phi) is 5.07. The van der Waals surface area contributed by atoms with Gasteiger partial charge in [0.1, 0.15) is 0 Å². The molecule has 0 spiro atoms. The summed E-state index contributed by atoms with van der Waals surface area (Å²) in [5.41, 5.74) is 3.47. The number of aromatic amines is 1. The molecule has 3 nitrogen and oxygen atoms in total. The summed E-state index contributed by atoms with van der Waals surface area (Å²) in [5.74, 6) is 1.41. The van der Waals surface area contributed by atoms with Gasteiger partial charge in [-0.1, -0.05) is 0 Å². The second-order valence-corrected chi connectivity index (χ2v) is 11.0. The number of fused-ring (bicyclic) bond motifs is 2. The van der Waals surface area contributed by atoms with Gasteiger partial charge >= 0.3 is 172 Å². The molecule has 5 heteroatoms. The zero-order valence-corrected chi connectivity index (χ0v) is 17.7. The number of ether oxygens (including phenoxy) is 1. The first-order valence-electron chi connectivity index (χ1n) is 10.2. The standard InChI is InChI=1S/C23H25AsFN2O/c25-17-9-10-21-19(11-17)20(14-27-21)15-5-7-16(8-6-15)24-12-18-13-26-22-3-1-2-4-23(22)28-18/h1-4,9-11,14-16,18,26-27H,5-8,12-13H2. The molecule has 1 radical (unpaired) electrons. The first-order chi connectivity index (χ1) is 13.8. The minimum atomic E-state index is -0.144. The quantitative estimate of drug-likeness (QED) is 0.508. The number of aromatic nitrogens is 1. The molecule has 2 N–H and O–H groups in total. The number of anilines is 1. The van der Waals surface area contributed by atoms with Crippen LogP contribution in [0, 0.1) is 5.82 Å². The second kappa shape index (κ2) is 7.83. The van der Waals surface area contributed by atoms with Crippen LogP contribution in [0.4, 0.5) is 10.1 Å². The summed E-state index contributed by atoms with van der Waals surface area (Å²) >= 11 is 0.298. The van der Waals surface area contributed by atoms with Gasteiger partial charge in [-0.25, -0.2) is 0 Å². The minimum absolute atomic E-state index is 0.144. The van der Waals surface area contributed by atoms with Crippen LogP contribution in [0.25, 0.3) is 10.9 Å². The summed E-state index contributed by atoms with van der Waals surface area (Å²) < 4.78 is 20.7. The molecule has 1 aromatic heterocycles. The van der Waals surface area contributed by atoms with Gasteiger partial charge in [0.15, 0.2) is 0 Å². The molecule has 0 amide bonds. The Morgan fingerprint density at radius 2 is 1.93 bits per heavy atom. The van der Waals surface area contributed by atoms with E-state index in [1.54, 1.807) is 6.07 Å². The van der Waals surface area contributed by atoms with E-state index in [9.17, 15) is 4.39 Å². The van der Waals surface area contributed by atoms with E-state index < -0.39 is 0 Å². The molecule has 28 heavy (non-hydrogen) atoms. The van der Waals surface area contributed by atoms with E-state index in [0.717, 1.165) is 33.6 Å². The van der Waals surface area contributed by atoms with Gasteiger partial charge < -0.3 is 0 Å². The van der Waals surface area contributed by atoms with Gasteiger partial charge in [-0.05, 0) is 0 Å². The number of benzene rings is 2. The zero-order valence-electron chi connectivity index (χ0n) is 15.8. The van der Waals surface area contributed by atoms with Crippen LogP contribution >= 0.6 is 0 Å². The van der Waals surface area contributed by atoms with Crippen LogP contribution < -0.4 is 10.1 Å². The fourth-order valence-corrected chi connectivity index (χ4v) is 7.49. The van der Waals surface area contributed by atoms with Crippen molar-refractivity contribution >= 4 is 32.3 Å². The molecule has 1 aliphatic heterocycles. The molecule has 3 aromatic rings. The molecule has 2 aliphatic rings. The van der Waals surface area contributed by atoms with E-state index in [0.29, 0.717) is 27.8 Å². The van der Waals surface area contributed by atoms with Crippen molar-refractivity contribution in [2.75, 3.05) is 11.9 Å². The third kappa shape index (κ3) is 3.67. The molecule has 0 bridgehead atoms. The van der Waals surface area contributed by atoms with E-state index in [1.807, 2.05) is 18.2 Å². The number of halogens is 1. The molecule has 0 saturated heterocycles. The molecular weight excluding hydrogens is 414 g/mol. The number of hydrogen-bond donors (Lipinski definition) is 2. The molecule has 145 valence electrons. The third-order valence-corrected chi connectivity index (χ3v) is 9.54. The summed E-state index contributed by atoms with van der Waals surface area (Å²) in [4.78, 5) is 3.32. The van der Waals surface area contributed by atoms with Crippen LogP contribution in [0.2, 0.25) is 9.91 Å². The number of hydrogen-bond acceptors (Lipinski definition) is 2. The molecule has 1 atom stereocenters. The average molecular weight is 439 g/mol. The Morgan fingerprint density at radius 1 is 1.07 bits per heavy atom. The Labute approximate surface area is 171 Å². The van der Waals surface area contributed by atoms with Crippen LogP contribution in [-0.4, -0.2) is 33.4 Å². The topological polar surface area (TPSA) is 37.0 Å². The van der Waals surface area contributed by atoms with Crippen LogP contribution in [-0.2, 0) is 0 Å². The SMILES string of the molecule is Fc1ccc2[nH]cc(C3CCC([As]CC4CNc5ccccc5O4)CC3)c2c1. The Morgan fingerprint density at radius 3 is 2.82 bits per heavy atom. The van der Waals surface area contributed by atoms with Gasteiger partial charge in [-0.3, -0.25) is 0 Å². The molecule has 1 saturated carbocycles. The van der Waals surface area contributed by atoms with Crippen molar-refractivity contribution in [2.45, 2.75) is 47.6 Å². The predicted molar refractivity (Wildman–Crippen MR) is 113 cm³/mol. The number of H-pyrrole nitrogens is 1. The first-order valence-corrected chi connectivity index (χ1v) is 12.6. The van der Waals surface area contributed by atoms with E-state index in [-0.39, 0.29) is 5.82 Å².